The van der Waals surface area contributed by atoms with Crippen molar-refractivity contribution in [2.24, 2.45) is 0 Å². The monoisotopic (exact) mass is 514 g/mol. The molecule has 3 fully saturated rings. The van der Waals surface area contributed by atoms with Crippen molar-refractivity contribution in [1.29, 1.82) is 0 Å². The van der Waals surface area contributed by atoms with Crippen LogP contribution in [0.5, 0.6) is 0 Å². The Morgan fingerprint density at radius 1 is 0.658 bits per heavy atom. The highest BCUT2D eigenvalue weighted by Crippen LogP contribution is 2.45. The van der Waals surface area contributed by atoms with E-state index in [9.17, 15) is 15.0 Å². The van der Waals surface area contributed by atoms with E-state index in [1.807, 2.05) is 6.07 Å². The van der Waals surface area contributed by atoms with Crippen molar-refractivity contribution in [3.05, 3.63) is 58.7 Å². The Balaban J connectivity index is 1.12. The number of hydrogen-bond donors (Lipinski definition) is 2. The molecule has 2 aromatic rings. The van der Waals surface area contributed by atoms with Gasteiger partial charge in [0.25, 0.3) is 0 Å². The van der Waals surface area contributed by atoms with E-state index in [-0.39, 0.29) is 5.78 Å². The first-order valence-corrected chi connectivity index (χ1v) is 15.3. The second kappa shape index (κ2) is 9.98. The SMILES string of the molecule is O=C1C(O)C(c2ccc3c(c2)CCN3C2CCCCC2)C(O)C1c1ccc2c(c1)CCN2C1CCCCC1. The molecule has 2 aliphatic heterocycles. The lowest BCUT2D eigenvalue weighted by Gasteiger charge is -2.33. The van der Waals surface area contributed by atoms with Crippen molar-refractivity contribution in [2.45, 2.75) is 113 Å². The summed E-state index contributed by atoms with van der Waals surface area (Å²) in [5.74, 6) is -1.49. The minimum atomic E-state index is -1.17. The van der Waals surface area contributed by atoms with Gasteiger partial charge in [-0.25, -0.2) is 0 Å². The number of carbonyl (C=O) groups is 1. The summed E-state index contributed by atoms with van der Waals surface area (Å²) >= 11 is 0. The summed E-state index contributed by atoms with van der Waals surface area (Å²) in [5.41, 5.74) is 6.95. The van der Waals surface area contributed by atoms with Crippen molar-refractivity contribution in [2.75, 3.05) is 22.9 Å². The molecule has 202 valence electrons. The fourth-order valence-electron chi connectivity index (χ4n) is 8.50. The third-order valence-corrected chi connectivity index (χ3v) is 10.5. The summed E-state index contributed by atoms with van der Waals surface area (Å²) < 4.78 is 0. The molecule has 0 saturated heterocycles. The van der Waals surface area contributed by atoms with Gasteiger partial charge in [-0.15, -0.1) is 0 Å². The van der Waals surface area contributed by atoms with Crippen molar-refractivity contribution < 1.29 is 15.0 Å². The van der Waals surface area contributed by atoms with Gasteiger partial charge in [-0.05, 0) is 72.9 Å². The third-order valence-electron chi connectivity index (χ3n) is 10.5. The van der Waals surface area contributed by atoms with E-state index >= 15 is 0 Å². The number of carbonyl (C=O) groups excluding carboxylic acids is 1. The maximum absolute atomic E-state index is 13.4. The van der Waals surface area contributed by atoms with Gasteiger partial charge in [-0.2, -0.15) is 0 Å². The van der Waals surface area contributed by atoms with Gasteiger partial charge in [-0.3, -0.25) is 4.79 Å². The number of Topliss-reactive ketones (excluding diaryl/α,β-unsaturated/α-hetero) is 1. The van der Waals surface area contributed by atoms with E-state index in [0.29, 0.717) is 12.1 Å². The molecule has 3 saturated carbocycles. The Morgan fingerprint density at radius 2 is 1.16 bits per heavy atom. The van der Waals surface area contributed by atoms with Gasteiger partial charge in [0.1, 0.15) is 6.10 Å². The number of rotatable bonds is 4. The molecule has 4 unspecified atom stereocenters. The number of aliphatic hydroxyl groups is 2. The molecular weight excluding hydrogens is 472 g/mol. The summed E-state index contributed by atoms with van der Waals surface area (Å²) in [6.45, 7) is 2.09. The Morgan fingerprint density at radius 3 is 1.71 bits per heavy atom. The quantitative estimate of drug-likeness (QED) is 0.584. The molecule has 5 nitrogen and oxygen atoms in total. The van der Waals surface area contributed by atoms with Gasteiger partial charge in [0.05, 0.1) is 12.0 Å². The van der Waals surface area contributed by atoms with Gasteiger partial charge in [0.15, 0.2) is 5.78 Å². The minimum absolute atomic E-state index is 0.242. The van der Waals surface area contributed by atoms with Crippen molar-refractivity contribution in [1.82, 2.24) is 0 Å². The van der Waals surface area contributed by atoms with Crippen LogP contribution >= 0.6 is 0 Å². The summed E-state index contributed by atoms with van der Waals surface area (Å²) in [6, 6.07) is 14.0. The largest absolute Gasteiger partial charge is 0.391 e. The van der Waals surface area contributed by atoms with Crippen molar-refractivity contribution in [3.8, 4) is 0 Å². The van der Waals surface area contributed by atoms with Gasteiger partial charge >= 0.3 is 0 Å². The lowest BCUT2D eigenvalue weighted by atomic mass is 9.88. The molecule has 0 spiro atoms. The topological polar surface area (TPSA) is 64.0 Å². The maximum Gasteiger partial charge on any atom is 0.172 e. The fourth-order valence-corrected chi connectivity index (χ4v) is 8.50. The number of anilines is 2. The summed E-state index contributed by atoms with van der Waals surface area (Å²) in [6.07, 6.45) is 13.0. The van der Waals surface area contributed by atoms with Crippen LogP contribution in [0.2, 0.25) is 0 Å². The Bertz CT molecular complexity index is 1200. The van der Waals surface area contributed by atoms with Crippen molar-refractivity contribution in [3.63, 3.8) is 0 Å². The van der Waals surface area contributed by atoms with Crippen LogP contribution in [0.4, 0.5) is 11.4 Å². The number of aliphatic hydroxyl groups excluding tert-OH is 2. The Hall–Kier alpha value is -2.37. The zero-order chi connectivity index (χ0) is 25.8. The maximum atomic E-state index is 13.4. The zero-order valence-electron chi connectivity index (χ0n) is 22.5. The number of fused-ring (bicyclic) bond motifs is 2. The molecule has 2 N–H and O–H groups in total. The standard InChI is InChI=1S/C33H42N2O3/c36-31-29(23-11-13-27-21(19-23)15-17-34(27)25-7-3-1-4-8-25)32(37)33(38)30(31)24-12-14-28-22(20-24)16-18-35(28)26-9-5-2-6-10-26/h11-14,19-20,25-26,29-32,36-37H,1-10,15-18H2. The summed E-state index contributed by atoms with van der Waals surface area (Å²) in [5, 5.41) is 22.6. The van der Waals surface area contributed by atoms with Crippen molar-refractivity contribution >= 4 is 17.2 Å². The molecule has 2 aromatic carbocycles. The van der Waals surface area contributed by atoms with E-state index < -0.39 is 24.0 Å². The third kappa shape index (κ3) is 4.08. The predicted octanol–water partition coefficient (Wildman–Crippen LogP) is 5.25. The number of nitrogens with zero attached hydrogens (tertiary/aromatic N) is 2. The predicted molar refractivity (Wildman–Crippen MR) is 151 cm³/mol. The zero-order valence-corrected chi connectivity index (χ0v) is 22.5. The first kappa shape index (κ1) is 24.7. The molecule has 7 rings (SSSR count). The van der Waals surface area contributed by atoms with Crippen LogP contribution in [0.3, 0.4) is 0 Å². The second-order valence-corrected chi connectivity index (χ2v) is 12.6. The average Bonchev–Trinajstić information content (AvgIpc) is 3.63. The van der Waals surface area contributed by atoms with Crippen LogP contribution in [-0.4, -0.2) is 53.4 Å². The van der Waals surface area contributed by atoms with Gasteiger partial charge < -0.3 is 20.0 Å². The molecule has 38 heavy (non-hydrogen) atoms. The Kier molecular flexibility index (Phi) is 6.48. The van der Waals surface area contributed by atoms with E-state index in [2.05, 4.69) is 40.1 Å². The molecule has 4 atom stereocenters. The molecule has 5 aliphatic rings. The molecule has 0 aromatic heterocycles. The number of ketones is 1. The first-order chi connectivity index (χ1) is 18.6. The van der Waals surface area contributed by atoms with Gasteiger partial charge in [0, 0.05) is 42.5 Å². The minimum Gasteiger partial charge on any atom is -0.391 e. The van der Waals surface area contributed by atoms with Crippen LogP contribution in [0.15, 0.2) is 36.4 Å². The van der Waals surface area contributed by atoms with E-state index in [0.717, 1.165) is 37.1 Å². The van der Waals surface area contributed by atoms with Gasteiger partial charge in [-0.1, -0.05) is 62.8 Å². The first-order valence-electron chi connectivity index (χ1n) is 15.3. The van der Waals surface area contributed by atoms with Gasteiger partial charge in [0.2, 0.25) is 0 Å². The van der Waals surface area contributed by atoms with Crippen LogP contribution in [0.1, 0.15) is 98.3 Å². The van der Waals surface area contributed by atoms with Crippen LogP contribution in [-0.2, 0) is 17.6 Å². The number of benzene rings is 2. The van der Waals surface area contributed by atoms with Crippen LogP contribution in [0.25, 0.3) is 0 Å². The lowest BCUT2D eigenvalue weighted by Crippen LogP contribution is -2.35. The highest BCUT2D eigenvalue weighted by Gasteiger charge is 2.50. The highest BCUT2D eigenvalue weighted by atomic mass is 16.3. The Labute approximate surface area is 226 Å². The average molecular weight is 515 g/mol. The van der Waals surface area contributed by atoms with E-state index in [1.54, 1.807) is 0 Å². The second-order valence-electron chi connectivity index (χ2n) is 12.6. The summed E-state index contributed by atoms with van der Waals surface area (Å²) in [4.78, 5) is 18.5. The molecule has 2 heterocycles. The van der Waals surface area contributed by atoms with Crippen LogP contribution < -0.4 is 9.80 Å². The van der Waals surface area contributed by atoms with E-state index in [4.69, 9.17) is 0 Å². The summed E-state index contributed by atoms with van der Waals surface area (Å²) in [7, 11) is 0. The van der Waals surface area contributed by atoms with Crippen LogP contribution in [0, 0.1) is 0 Å². The fraction of sp³-hybridized carbons (Fsp3) is 0.606. The molecule has 0 bridgehead atoms. The lowest BCUT2D eigenvalue weighted by molar-refractivity contribution is -0.126. The van der Waals surface area contributed by atoms with E-state index in [1.165, 1.54) is 86.7 Å². The molecule has 0 amide bonds. The molecule has 3 aliphatic carbocycles. The smallest absolute Gasteiger partial charge is 0.172 e. The highest BCUT2D eigenvalue weighted by molar-refractivity contribution is 5.94. The molecule has 0 radical (unpaired) electrons. The number of hydrogen-bond acceptors (Lipinski definition) is 5. The normalized spacial score (nSPS) is 30.2. The molecule has 5 heteroatoms. The molecular formula is C33H42N2O3.